The van der Waals surface area contributed by atoms with Gasteiger partial charge >= 0.3 is 0 Å². The number of nitrogens with two attached hydrogens (primary N) is 1. The van der Waals surface area contributed by atoms with Crippen LogP contribution >= 0.6 is 11.8 Å². The van der Waals surface area contributed by atoms with E-state index in [4.69, 9.17) is 10.7 Å². The predicted molar refractivity (Wildman–Crippen MR) is 104 cm³/mol. The van der Waals surface area contributed by atoms with Gasteiger partial charge in [0.15, 0.2) is 5.17 Å². The number of carbonyl (C=O) groups excluding carboxylic acids is 1. The van der Waals surface area contributed by atoms with Gasteiger partial charge in [0.1, 0.15) is 0 Å². The van der Waals surface area contributed by atoms with E-state index in [1.165, 1.54) is 19.3 Å². The Balaban J connectivity index is 2.24. The number of amidine groups is 1. The molecule has 1 fully saturated rings. The van der Waals surface area contributed by atoms with Crippen molar-refractivity contribution in [2.24, 2.45) is 16.6 Å². The molecule has 132 valence electrons. The number of benzene rings is 1. The zero-order valence-electron chi connectivity index (χ0n) is 15.2. The van der Waals surface area contributed by atoms with E-state index in [-0.39, 0.29) is 0 Å². The summed E-state index contributed by atoms with van der Waals surface area (Å²) in [5.41, 5.74) is 7.80. The van der Waals surface area contributed by atoms with Gasteiger partial charge in [-0.3, -0.25) is 4.79 Å². The zero-order valence-corrected chi connectivity index (χ0v) is 16.0. The molecule has 1 aromatic carbocycles. The van der Waals surface area contributed by atoms with Crippen molar-refractivity contribution in [2.75, 3.05) is 12.3 Å². The molecule has 2 N–H and O–H groups in total. The Morgan fingerprint density at radius 1 is 1.46 bits per heavy atom. The van der Waals surface area contributed by atoms with Crippen molar-refractivity contribution in [3.63, 3.8) is 0 Å². The van der Waals surface area contributed by atoms with Crippen LogP contribution in [-0.4, -0.2) is 34.3 Å². The Morgan fingerprint density at radius 3 is 2.79 bits per heavy atom. The monoisotopic (exact) mass is 347 g/mol. The van der Waals surface area contributed by atoms with Crippen LogP contribution in [0.5, 0.6) is 0 Å². The van der Waals surface area contributed by atoms with Crippen LogP contribution in [0.1, 0.15) is 56.0 Å². The van der Waals surface area contributed by atoms with Crippen molar-refractivity contribution in [2.45, 2.75) is 53.0 Å². The molecule has 0 aliphatic carbocycles. The SMILES string of the molecule is CCCCN1C(=Nc2ccc(C(N)=O)cc2C)SCC1CC(C)C. The van der Waals surface area contributed by atoms with Gasteiger partial charge in [-0.2, -0.15) is 0 Å². The fraction of sp³-hybridized carbons (Fsp3) is 0.579. The molecule has 2 rings (SSSR count). The molecule has 1 aliphatic heterocycles. The van der Waals surface area contributed by atoms with Gasteiger partial charge in [0.2, 0.25) is 5.91 Å². The average molecular weight is 348 g/mol. The van der Waals surface area contributed by atoms with Gasteiger partial charge in [-0.15, -0.1) is 0 Å². The number of unbranched alkanes of at least 4 members (excludes halogenated alkanes) is 1. The highest BCUT2D eigenvalue weighted by molar-refractivity contribution is 8.14. The highest BCUT2D eigenvalue weighted by Gasteiger charge is 2.30. The number of aliphatic imine (C=N–C) groups is 1. The molecule has 4 nitrogen and oxygen atoms in total. The van der Waals surface area contributed by atoms with E-state index in [1.54, 1.807) is 6.07 Å². The quantitative estimate of drug-likeness (QED) is 0.798. The van der Waals surface area contributed by atoms with Gasteiger partial charge in [0.05, 0.1) is 5.69 Å². The minimum absolute atomic E-state index is 0.394. The van der Waals surface area contributed by atoms with Crippen LogP contribution in [0.2, 0.25) is 0 Å². The van der Waals surface area contributed by atoms with Crippen molar-refractivity contribution < 1.29 is 4.79 Å². The molecular weight excluding hydrogens is 318 g/mol. The largest absolute Gasteiger partial charge is 0.366 e. The highest BCUT2D eigenvalue weighted by Crippen LogP contribution is 2.31. The third-order valence-corrected chi connectivity index (χ3v) is 5.42. The Hall–Kier alpha value is -1.49. The molecule has 0 spiro atoms. The lowest BCUT2D eigenvalue weighted by Crippen LogP contribution is -2.35. The van der Waals surface area contributed by atoms with Crippen LogP contribution in [0.25, 0.3) is 0 Å². The number of carbonyl (C=O) groups is 1. The molecular formula is C19H29N3OS. The number of thioether (sulfide) groups is 1. The standard InChI is InChI=1S/C19H29N3OS/c1-5-6-9-22-16(10-13(2)3)12-24-19(22)21-17-8-7-15(18(20)23)11-14(17)4/h7-8,11,13,16H,5-6,9-10,12H2,1-4H3,(H2,20,23). The lowest BCUT2D eigenvalue weighted by molar-refractivity contribution is 0.1000. The molecule has 1 saturated heterocycles. The van der Waals surface area contributed by atoms with Crippen LogP contribution < -0.4 is 5.73 Å². The number of hydrogen-bond acceptors (Lipinski definition) is 3. The summed E-state index contributed by atoms with van der Waals surface area (Å²) in [7, 11) is 0. The summed E-state index contributed by atoms with van der Waals surface area (Å²) < 4.78 is 0. The molecule has 1 amide bonds. The molecule has 0 radical (unpaired) electrons. The van der Waals surface area contributed by atoms with Crippen LogP contribution in [0.15, 0.2) is 23.2 Å². The molecule has 0 aromatic heterocycles. The van der Waals surface area contributed by atoms with Crippen LogP contribution in [-0.2, 0) is 0 Å². The first-order valence-electron chi connectivity index (χ1n) is 8.81. The number of aryl methyl sites for hydroxylation is 1. The summed E-state index contributed by atoms with van der Waals surface area (Å²) in [6, 6.07) is 6.06. The number of rotatable bonds is 7. The van der Waals surface area contributed by atoms with E-state index in [0.717, 1.165) is 28.7 Å². The Bertz CT molecular complexity index is 613. The Morgan fingerprint density at radius 2 is 2.21 bits per heavy atom. The third kappa shape index (κ3) is 4.76. The van der Waals surface area contributed by atoms with E-state index in [1.807, 2.05) is 30.8 Å². The number of hydrogen-bond donors (Lipinski definition) is 1. The van der Waals surface area contributed by atoms with E-state index in [9.17, 15) is 4.79 Å². The van der Waals surface area contributed by atoms with Crippen molar-refractivity contribution in [1.29, 1.82) is 0 Å². The summed E-state index contributed by atoms with van der Waals surface area (Å²) in [6.07, 6.45) is 3.58. The summed E-state index contributed by atoms with van der Waals surface area (Å²) >= 11 is 1.85. The first-order chi connectivity index (χ1) is 11.4. The summed E-state index contributed by atoms with van der Waals surface area (Å²) in [6.45, 7) is 9.84. The van der Waals surface area contributed by atoms with Gasteiger partial charge < -0.3 is 10.6 Å². The fourth-order valence-corrected chi connectivity index (χ4v) is 4.21. The highest BCUT2D eigenvalue weighted by atomic mass is 32.2. The molecule has 0 bridgehead atoms. The fourth-order valence-electron chi connectivity index (χ4n) is 2.98. The maximum Gasteiger partial charge on any atom is 0.248 e. The third-order valence-electron chi connectivity index (χ3n) is 4.28. The molecule has 5 heteroatoms. The predicted octanol–water partition coefficient (Wildman–Crippen LogP) is 4.35. The summed E-state index contributed by atoms with van der Waals surface area (Å²) in [4.78, 5) is 18.7. The van der Waals surface area contributed by atoms with E-state index >= 15 is 0 Å². The summed E-state index contributed by atoms with van der Waals surface area (Å²) in [5.74, 6) is 1.41. The number of nitrogens with zero attached hydrogens (tertiary/aromatic N) is 2. The smallest absolute Gasteiger partial charge is 0.248 e. The second-order valence-corrected chi connectivity index (χ2v) is 7.89. The van der Waals surface area contributed by atoms with Crippen molar-refractivity contribution in [3.8, 4) is 0 Å². The molecule has 1 atom stereocenters. The van der Waals surface area contributed by atoms with Gasteiger partial charge in [-0.25, -0.2) is 4.99 Å². The van der Waals surface area contributed by atoms with Crippen molar-refractivity contribution in [3.05, 3.63) is 29.3 Å². The lowest BCUT2D eigenvalue weighted by Gasteiger charge is -2.27. The van der Waals surface area contributed by atoms with Gasteiger partial charge in [-0.05, 0) is 49.4 Å². The number of amides is 1. The second kappa shape index (κ2) is 8.56. The average Bonchev–Trinajstić information content (AvgIpc) is 2.88. The maximum atomic E-state index is 11.3. The van der Waals surface area contributed by atoms with Crippen molar-refractivity contribution >= 4 is 28.5 Å². The molecule has 24 heavy (non-hydrogen) atoms. The van der Waals surface area contributed by atoms with Gasteiger partial charge in [-0.1, -0.05) is 39.0 Å². The molecule has 1 heterocycles. The Labute approximate surface area is 149 Å². The van der Waals surface area contributed by atoms with E-state index in [0.29, 0.717) is 17.5 Å². The van der Waals surface area contributed by atoms with Gasteiger partial charge in [0, 0.05) is 23.9 Å². The topological polar surface area (TPSA) is 58.7 Å². The molecule has 0 saturated carbocycles. The van der Waals surface area contributed by atoms with Gasteiger partial charge in [0.25, 0.3) is 0 Å². The lowest BCUT2D eigenvalue weighted by atomic mass is 10.0. The molecule has 1 unspecified atom stereocenters. The van der Waals surface area contributed by atoms with E-state index < -0.39 is 5.91 Å². The Kier molecular flexibility index (Phi) is 6.72. The van der Waals surface area contributed by atoms with E-state index in [2.05, 4.69) is 25.7 Å². The summed E-state index contributed by atoms with van der Waals surface area (Å²) in [5, 5.41) is 1.11. The first kappa shape index (κ1) is 18.8. The number of primary amides is 1. The second-order valence-electron chi connectivity index (χ2n) is 6.90. The van der Waals surface area contributed by atoms with Crippen LogP contribution in [0, 0.1) is 12.8 Å². The van der Waals surface area contributed by atoms with Crippen LogP contribution in [0.3, 0.4) is 0 Å². The minimum atomic E-state index is -0.394. The minimum Gasteiger partial charge on any atom is -0.366 e. The van der Waals surface area contributed by atoms with Crippen LogP contribution in [0.4, 0.5) is 5.69 Å². The first-order valence-corrected chi connectivity index (χ1v) is 9.79. The molecule has 1 aliphatic rings. The van der Waals surface area contributed by atoms with Crippen molar-refractivity contribution in [1.82, 2.24) is 4.90 Å². The molecule has 1 aromatic rings. The normalized spacial score (nSPS) is 19.5. The zero-order chi connectivity index (χ0) is 17.7. The maximum absolute atomic E-state index is 11.3.